The van der Waals surface area contributed by atoms with E-state index in [0.29, 0.717) is 13.0 Å². The number of ether oxygens (including phenoxy) is 2. The molecule has 1 aromatic heterocycles. The van der Waals surface area contributed by atoms with Crippen LogP contribution in [0.3, 0.4) is 0 Å². The summed E-state index contributed by atoms with van der Waals surface area (Å²) in [7, 11) is 1.47. The van der Waals surface area contributed by atoms with Crippen molar-refractivity contribution < 1.29 is 33.7 Å². The Morgan fingerprint density at radius 1 is 1.26 bits per heavy atom. The Hall–Kier alpha value is -4.48. The first-order chi connectivity index (χ1) is 16.8. The van der Waals surface area contributed by atoms with E-state index in [0.717, 1.165) is 17.8 Å². The average molecular weight is 486 g/mol. The number of anilines is 1. The first-order valence-corrected chi connectivity index (χ1v) is 10.7. The molecule has 4 N–H and O–H groups in total. The quantitative estimate of drug-likeness (QED) is 0.387. The van der Waals surface area contributed by atoms with Gasteiger partial charge in [0.25, 0.3) is 0 Å². The summed E-state index contributed by atoms with van der Waals surface area (Å²) in [5.41, 5.74) is 2.43. The number of hydrogen-bond donors (Lipinski definition) is 4. The zero-order chi connectivity index (χ0) is 25.1. The Labute approximate surface area is 198 Å². The third-order valence-corrected chi connectivity index (χ3v) is 5.63. The molecule has 1 atom stereocenters. The molecule has 1 saturated heterocycles. The van der Waals surface area contributed by atoms with E-state index in [1.54, 1.807) is 4.90 Å². The SMILES string of the molecule is CNn1cc(OC(=O)O)c(=O)c2cc(F)c(N3CCC(NC(=O)OCc4ccccc4)C3)c(O)c21. The maximum absolute atomic E-state index is 15.1. The predicted molar refractivity (Wildman–Crippen MR) is 124 cm³/mol. The summed E-state index contributed by atoms with van der Waals surface area (Å²) in [6.07, 6.45) is -0.791. The van der Waals surface area contributed by atoms with Crippen molar-refractivity contribution >= 4 is 28.8 Å². The number of nitrogens with one attached hydrogen (secondary N) is 2. The molecule has 1 unspecified atom stereocenters. The molecule has 2 heterocycles. The monoisotopic (exact) mass is 486 g/mol. The number of pyridine rings is 1. The van der Waals surface area contributed by atoms with Crippen LogP contribution >= 0.6 is 0 Å². The largest absolute Gasteiger partial charge is 0.511 e. The Kier molecular flexibility index (Phi) is 6.62. The van der Waals surface area contributed by atoms with E-state index in [4.69, 9.17) is 9.84 Å². The van der Waals surface area contributed by atoms with E-state index in [1.165, 1.54) is 11.7 Å². The molecule has 11 nitrogen and oxygen atoms in total. The van der Waals surface area contributed by atoms with Crippen LogP contribution in [0, 0.1) is 5.82 Å². The number of benzene rings is 2. The highest BCUT2D eigenvalue weighted by molar-refractivity contribution is 5.92. The third-order valence-electron chi connectivity index (χ3n) is 5.63. The number of fused-ring (bicyclic) bond motifs is 1. The number of carboxylic acid groups (broad SMARTS) is 1. The minimum Gasteiger partial charge on any atom is -0.504 e. The molecule has 1 amide bonds. The molecule has 0 radical (unpaired) electrons. The van der Waals surface area contributed by atoms with Crippen molar-refractivity contribution in [3.05, 3.63) is 64.2 Å². The minimum atomic E-state index is -1.71. The van der Waals surface area contributed by atoms with E-state index in [-0.39, 0.29) is 35.8 Å². The van der Waals surface area contributed by atoms with Gasteiger partial charge in [0.05, 0.1) is 17.6 Å². The number of rotatable bonds is 6. The number of carbonyl (C=O) groups excluding carboxylic acids is 1. The van der Waals surface area contributed by atoms with Gasteiger partial charge >= 0.3 is 12.2 Å². The molecule has 35 heavy (non-hydrogen) atoms. The number of hydrogen-bond acceptors (Lipinski definition) is 8. The highest BCUT2D eigenvalue weighted by Crippen LogP contribution is 2.38. The molecular formula is C23H23FN4O7. The molecule has 12 heteroatoms. The number of nitrogens with zero attached hydrogens (tertiary/aromatic N) is 2. The fourth-order valence-corrected chi connectivity index (χ4v) is 4.06. The predicted octanol–water partition coefficient (Wildman–Crippen LogP) is 2.58. The van der Waals surface area contributed by atoms with Crippen molar-refractivity contribution in [1.29, 1.82) is 0 Å². The van der Waals surface area contributed by atoms with Crippen LogP contribution in [-0.4, -0.2) is 53.3 Å². The van der Waals surface area contributed by atoms with Crippen molar-refractivity contribution in [2.75, 3.05) is 30.5 Å². The number of carbonyl (C=O) groups is 2. The van der Waals surface area contributed by atoms with Crippen molar-refractivity contribution in [2.45, 2.75) is 19.1 Å². The summed E-state index contributed by atoms with van der Waals surface area (Å²) < 4.78 is 26.0. The fraction of sp³-hybridized carbons (Fsp3) is 0.261. The van der Waals surface area contributed by atoms with Crippen LogP contribution in [-0.2, 0) is 11.3 Å². The second kappa shape index (κ2) is 9.79. The van der Waals surface area contributed by atoms with Gasteiger partial charge in [0, 0.05) is 20.1 Å². The van der Waals surface area contributed by atoms with Gasteiger partial charge in [0.2, 0.25) is 11.2 Å². The molecule has 184 valence electrons. The number of alkyl carbamates (subject to hydrolysis) is 1. The number of halogens is 1. The lowest BCUT2D eigenvalue weighted by Crippen LogP contribution is -2.37. The van der Waals surface area contributed by atoms with Gasteiger partial charge in [-0.1, -0.05) is 30.3 Å². The molecule has 1 aliphatic rings. The van der Waals surface area contributed by atoms with Gasteiger partial charge in [-0.15, -0.1) is 0 Å². The Bertz CT molecular complexity index is 1330. The van der Waals surface area contributed by atoms with Gasteiger partial charge in [-0.2, -0.15) is 0 Å². The second-order valence-electron chi connectivity index (χ2n) is 7.87. The van der Waals surface area contributed by atoms with Crippen LogP contribution in [0.4, 0.5) is 19.7 Å². The Morgan fingerprint density at radius 3 is 2.69 bits per heavy atom. The van der Waals surface area contributed by atoms with Gasteiger partial charge < -0.3 is 35.3 Å². The number of phenolic OH excluding ortho intramolecular Hbond substituents is 1. The van der Waals surface area contributed by atoms with Crippen molar-refractivity contribution in [1.82, 2.24) is 9.99 Å². The zero-order valence-electron chi connectivity index (χ0n) is 18.7. The molecular weight excluding hydrogens is 463 g/mol. The first-order valence-electron chi connectivity index (χ1n) is 10.7. The fourth-order valence-electron chi connectivity index (χ4n) is 4.06. The topological polar surface area (TPSA) is 142 Å². The summed E-state index contributed by atoms with van der Waals surface area (Å²) in [6, 6.07) is 9.76. The van der Waals surface area contributed by atoms with Gasteiger partial charge in [-0.05, 0) is 18.1 Å². The van der Waals surface area contributed by atoms with Gasteiger partial charge in [0.15, 0.2) is 11.6 Å². The smallest absolute Gasteiger partial charge is 0.504 e. The van der Waals surface area contributed by atoms with E-state index in [2.05, 4.69) is 15.5 Å². The minimum absolute atomic E-state index is 0.0506. The van der Waals surface area contributed by atoms with Crippen LogP contribution < -0.4 is 25.8 Å². The van der Waals surface area contributed by atoms with E-state index >= 15 is 4.39 Å². The molecule has 0 saturated carbocycles. The van der Waals surface area contributed by atoms with E-state index in [9.17, 15) is 19.5 Å². The summed E-state index contributed by atoms with van der Waals surface area (Å²) in [6.45, 7) is 0.627. The van der Waals surface area contributed by atoms with Crippen molar-refractivity contribution in [2.24, 2.45) is 0 Å². The maximum atomic E-state index is 15.1. The second-order valence-corrected chi connectivity index (χ2v) is 7.87. The van der Waals surface area contributed by atoms with Gasteiger partial charge in [0.1, 0.15) is 17.8 Å². The number of amides is 1. The molecule has 1 fully saturated rings. The van der Waals surface area contributed by atoms with E-state index in [1.807, 2.05) is 30.3 Å². The van der Waals surface area contributed by atoms with Crippen molar-refractivity contribution in [3.63, 3.8) is 0 Å². The molecule has 4 rings (SSSR count). The summed E-state index contributed by atoms with van der Waals surface area (Å²) in [5.74, 6) is -1.94. The number of phenols is 1. The maximum Gasteiger partial charge on any atom is 0.511 e. The lowest BCUT2D eigenvalue weighted by atomic mass is 10.1. The van der Waals surface area contributed by atoms with Gasteiger partial charge in [-0.25, -0.2) is 14.0 Å². The Morgan fingerprint density at radius 2 is 2.00 bits per heavy atom. The summed E-state index contributed by atoms with van der Waals surface area (Å²) in [5, 5.41) is 22.2. The van der Waals surface area contributed by atoms with Crippen LogP contribution in [0.25, 0.3) is 10.9 Å². The molecule has 0 bridgehead atoms. The summed E-state index contributed by atoms with van der Waals surface area (Å²) in [4.78, 5) is 37.2. The standard InChI is InChI=1S/C23H23FN4O7/c1-25-28-11-17(35-23(32)33)20(29)15-9-16(24)19(21(30)18(15)28)27-8-7-14(10-27)26-22(31)34-12-13-5-3-2-4-6-13/h2-6,9,11,14,25,30H,7-8,10,12H2,1H3,(H,26,31)(H,32,33). The average Bonchev–Trinajstić information content (AvgIpc) is 3.27. The van der Waals surface area contributed by atoms with Crippen LogP contribution in [0.5, 0.6) is 11.5 Å². The van der Waals surface area contributed by atoms with Crippen LogP contribution in [0.1, 0.15) is 12.0 Å². The molecule has 3 aromatic rings. The first kappa shape index (κ1) is 23.7. The van der Waals surface area contributed by atoms with E-state index < -0.39 is 35.0 Å². The molecule has 0 aliphatic carbocycles. The number of aromatic nitrogens is 1. The Balaban J connectivity index is 1.54. The van der Waals surface area contributed by atoms with Crippen LogP contribution in [0.2, 0.25) is 0 Å². The molecule has 0 spiro atoms. The van der Waals surface area contributed by atoms with Crippen LogP contribution in [0.15, 0.2) is 47.4 Å². The number of aromatic hydroxyl groups is 1. The summed E-state index contributed by atoms with van der Waals surface area (Å²) >= 11 is 0. The zero-order valence-corrected chi connectivity index (χ0v) is 18.7. The normalized spacial score (nSPS) is 15.1. The molecule has 1 aliphatic heterocycles. The molecule has 2 aromatic carbocycles. The van der Waals surface area contributed by atoms with Crippen molar-refractivity contribution in [3.8, 4) is 11.5 Å². The van der Waals surface area contributed by atoms with Gasteiger partial charge in [-0.3, -0.25) is 9.47 Å². The highest BCUT2D eigenvalue weighted by atomic mass is 19.1. The lowest BCUT2D eigenvalue weighted by molar-refractivity contribution is 0.136. The third kappa shape index (κ3) is 4.90. The lowest BCUT2D eigenvalue weighted by Gasteiger charge is -2.23. The highest BCUT2D eigenvalue weighted by Gasteiger charge is 2.30.